The van der Waals surface area contributed by atoms with E-state index in [9.17, 15) is 18.0 Å². The van der Waals surface area contributed by atoms with E-state index in [0.29, 0.717) is 0 Å². The van der Waals surface area contributed by atoms with Gasteiger partial charge in [-0.3, -0.25) is 0 Å². The van der Waals surface area contributed by atoms with Gasteiger partial charge in [0, 0.05) is 0 Å². The van der Waals surface area contributed by atoms with Crippen LogP contribution in [0, 0.1) is 0 Å². The summed E-state index contributed by atoms with van der Waals surface area (Å²) < 4.78 is 40.8. The van der Waals surface area contributed by atoms with Crippen molar-refractivity contribution >= 4 is 5.97 Å². The minimum atomic E-state index is -4.40. The lowest BCUT2D eigenvalue weighted by atomic mass is 10.1. The van der Waals surface area contributed by atoms with Gasteiger partial charge in [0.2, 0.25) is 0 Å². The molecule has 0 aromatic heterocycles. The Morgan fingerprint density at radius 2 is 1.80 bits per heavy atom. The SMILES string of the molecule is C=COC(=O)c1ccc(C(F)(F)F)cc1. The van der Waals surface area contributed by atoms with Crippen molar-refractivity contribution in [3.63, 3.8) is 0 Å². The van der Waals surface area contributed by atoms with Crippen molar-refractivity contribution in [2.75, 3.05) is 0 Å². The van der Waals surface area contributed by atoms with Gasteiger partial charge < -0.3 is 4.74 Å². The zero-order valence-corrected chi connectivity index (χ0v) is 7.54. The van der Waals surface area contributed by atoms with Gasteiger partial charge in [0.1, 0.15) is 0 Å². The van der Waals surface area contributed by atoms with Gasteiger partial charge in [-0.05, 0) is 24.3 Å². The molecule has 1 aromatic rings. The number of ether oxygens (including phenoxy) is 1. The van der Waals surface area contributed by atoms with E-state index in [1.54, 1.807) is 0 Å². The van der Waals surface area contributed by atoms with Crippen LogP contribution >= 0.6 is 0 Å². The summed E-state index contributed by atoms with van der Waals surface area (Å²) in [6.07, 6.45) is -3.49. The maximum absolute atomic E-state index is 12.1. The van der Waals surface area contributed by atoms with Crippen LogP contribution in [0.25, 0.3) is 0 Å². The van der Waals surface area contributed by atoms with E-state index in [2.05, 4.69) is 11.3 Å². The first-order chi connectivity index (χ1) is 6.95. The number of hydrogen-bond acceptors (Lipinski definition) is 2. The van der Waals surface area contributed by atoms with Crippen LogP contribution in [0.3, 0.4) is 0 Å². The van der Waals surface area contributed by atoms with Gasteiger partial charge >= 0.3 is 12.1 Å². The Morgan fingerprint density at radius 1 is 1.27 bits per heavy atom. The molecule has 0 saturated heterocycles. The Morgan fingerprint density at radius 3 is 2.20 bits per heavy atom. The Labute approximate surface area is 84.0 Å². The van der Waals surface area contributed by atoms with E-state index in [-0.39, 0.29) is 5.56 Å². The zero-order chi connectivity index (χ0) is 11.5. The van der Waals surface area contributed by atoms with Gasteiger partial charge in [-0.25, -0.2) is 4.79 Å². The zero-order valence-electron chi connectivity index (χ0n) is 7.54. The van der Waals surface area contributed by atoms with Crippen LogP contribution in [-0.2, 0) is 10.9 Å². The fourth-order valence-corrected chi connectivity index (χ4v) is 0.939. The van der Waals surface area contributed by atoms with Gasteiger partial charge in [-0.1, -0.05) is 6.58 Å². The van der Waals surface area contributed by atoms with Crippen molar-refractivity contribution in [3.8, 4) is 0 Å². The highest BCUT2D eigenvalue weighted by molar-refractivity contribution is 5.89. The highest BCUT2D eigenvalue weighted by Crippen LogP contribution is 2.29. The fraction of sp³-hybridized carbons (Fsp3) is 0.100. The van der Waals surface area contributed by atoms with Crippen LogP contribution in [0.4, 0.5) is 13.2 Å². The van der Waals surface area contributed by atoms with Gasteiger partial charge in [-0.15, -0.1) is 0 Å². The molecule has 2 nitrogen and oxygen atoms in total. The summed E-state index contributed by atoms with van der Waals surface area (Å²) in [6.45, 7) is 3.16. The van der Waals surface area contributed by atoms with E-state index in [0.717, 1.165) is 30.5 Å². The first kappa shape index (κ1) is 11.3. The van der Waals surface area contributed by atoms with Gasteiger partial charge in [0.25, 0.3) is 0 Å². The molecule has 0 radical (unpaired) electrons. The van der Waals surface area contributed by atoms with E-state index < -0.39 is 17.7 Å². The molecule has 0 fully saturated rings. The van der Waals surface area contributed by atoms with E-state index >= 15 is 0 Å². The molecule has 80 valence electrons. The lowest BCUT2D eigenvalue weighted by molar-refractivity contribution is -0.137. The molecule has 0 atom stereocenters. The van der Waals surface area contributed by atoms with E-state index in [4.69, 9.17) is 0 Å². The second-order valence-corrected chi connectivity index (χ2v) is 2.65. The van der Waals surface area contributed by atoms with Crippen molar-refractivity contribution in [2.45, 2.75) is 6.18 Å². The maximum atomic E-state index is 12.1. The Bertz CT molecular complexity index is 365. The maximum Gasteiger partial charge on any atom is 0.416 e. The van der Waals surface area contributed by atoms with Crippen LogP contribution in [0.15, 0.2) is 37.1 Å². The summed E-state index contributed by atoms with van der Waals surface area (Å²) in [4.78, 5) is 11.0. The summed E-state index contributed by atoms with van der Waals surface area (Å²) in [5.41, 5.74) is -0.763. The number of hydrogen-bond donors (Lipinski definition) is 0. The standard InChI is InChI=1S/C10H7F3O2/c1-2-15-9(14)7-3-5-8(6-4-7)10(11,12)13/h2-6H,1H2. The van der Waals surface area contributed by atoms with Crippen LogP contribution in [-0.4, -0.2) is 5.97 Å². The number of halogens is 3. The van der Waals surface area contributed by atoms with Crippen molar-refractivity contribution in [3.05, 3.63) is 48.2 Å². The second kappa shape index (κ2) is 4.16. The number of carbonyl (C=O) groups excluding carboxylic acids is 1. The summed E-state index contributed by atoms with van der Waals surface area (Å²) >= 11 is 0. The molecule has 1 rings (SSSR count). The lowest BCUT2D eigenvalue weighted by Crippen LogP contribution is -2.06. The topological polar surface area (TPSA) is 26.3 Å². The molecular formula is C10H7F3O2. The first-order valence-electron chi connectivity index (χ1n) is 3.94. The molecule has 5 heteroatoms. The third-order valence-electron chi connectivity index (χ3n) is 1.64. The third-order valence-corrected chi connectivity index (χ3v) is 1.64. The van der Waals surface area contributed by atoms with Crippen molar-refractivity contribution < 1.29 is 22.7 Å². The summed E-state index contributed by atoms with van der Waals surface area (Å²) in [5.74, 6) is -0.737. The molecule has 0 aliphatic heterocycles. The molecule has 0 saturated carbocycles. The lowest BCUT2D eigenvalue weighted by Gasteiger charge is -2.06. The monoisotopic (exact) mass is 216 g/mol. The summed E-state index contributed by atoms with van der Waals surface area (Å²) in [7, 11) is 0. The van der Waals surface area contributed by atoms with Crippen LogP contribution in [0.2, 0.25) is 0 Å². The largest absolute Gasteiger partial charge is 0.432 e. The molecule has 15 heavy (non-hydrogen) atoms. The molecule has 0 amide bonds. The average molecular weight is 216 g/mol. The number of esters is 1. The third kappa shape index (κ3) is 2.83. The number of alkyl halides is 3. The number of benzene rings is 1. The molecule has 0 N–H and O–H groups in total. The van der Waals surface area contributed by atoms with Crippen LogP contribution in [0.1, 0.15) is 15.9 Å². The van der Waals surface area contributed by atoms with Crippen LogP contribution < -0.4 is 0 Å². The summed E-state index contributed by atoms with van der Waals surface area (Å²) in [5, 5.41) is 0. The van der Waals surface area contributed by atoms with Crippen molar-refractivity contribution in [1.29, 1.82) is 0 Å². The highest BCUT2D eigenvalue weighted by atomic mass is 19.4. The van der Waals surface area contributed by atoms with Crippen molar-refractivity contribution in [1.82, 2.24) is 0 Å². The minimum Gasteiger partial charge on any atom is -0.432 e. The minimum absolute atomic E-state index is 0.0444. The predicted octanol–water partition coefficient (Wildman–Crippen LogP) is 3.01. The highest BCUT2D eigenvalue weighted by Gasteiger charge is 2.30. The van der Waals surface area contributed by atoms with Gasteiger partial charge in [0.05, 0.1) is 17.4 Å². The normalized spacial score (nSPS) is 10.9. The fourth-order valence-electron chi connectivity index (χ4n) is 0.939. The Hall–Kier alpha value is -1.78. The van der Waals surface area contributed by atoms with Crippen molar-refractivity contribution in [2.24, 2.45) is 0 Å². The van der Waals surface area contributed by atoms with Gasteiger partial charge in [0.15, 0.2) is 0 Å². The Balaban J connectivity index is 2.90. The molecular weight excluding hydrogens is 209 g/mol. The molecule has 1 aromatic carbocycles. The smallest absolute Gasteiger partial charge is 0.416 e. The van der Waals surface area contributed by atoms with E-state index in [1.807, 2.05) is 0 Å². The predicted molar refractivity (Wildman–Crippen MR) is 47.1 cm³/mol. The van der Waals surface area contributed by atoms with E-state index in [1.165, 1.54) is 0 Å². The molecule has 0 unspecified atom stereocenters. The molecule has 0 bridgehead atoms. The quantitative estimate of drug-likeness (QED) is 0.561. The number of carbonyl (C=O) groups is 1. The summed E-state index contributed by atoms with van der Waals surface area (Å²) in [6, 6.07) is 3.74. The molecule has 0 heterocycles. The second-order valence-electron chi connectivity index (χ2n) is 2.65. The molecule has 0 aliphatic carbocycles. The Kier molecular flexibility index (Phi) is 3.14. The average Bonchev–Trinajstić information content (AvgIpc) is 2.17. The molecule has 0 spiro atoms. The number of rotatable bonds is 2. The first-order valence-corrected chi connectivity index (χ1v) is 3.94. The van der Waals surface area contributed by atoms with Gasteiger partial charge in [-0.2, -0.15) is 13.2 Å². The molecule has 0 aliphatic rings. The van der Waals surface area contributed by atoms with Crippen LogP contribution in [0.5, 0.6) is 0 Å².